The summed E-state index contributed by atoms with van der Waals surface area (Å²) in [5.41, 5.74) is -0.195. The molecule has 0 amide bonds. The lowest BCUT2D eigenvalue weighted by Gasteiger charge is -2.16. The Morgan fingerprint density at radius 1 is 1.58 bits per heavy atom. The van der Waals surface area contributed by atoms with Crippen LogP contribution in [0.1, 0.15) is 32.9 Å². The van der Waals surface area contributed by atoms with Crippen molar-refractivity contribution in [2.45, 2.75) is 39.3 Å². The Labute approximate surface area is 72.2 Å². The van der Waals surface area contributed by atoms with Crippen molar-refractivity contribution in [2.24, 2.45) is 0 Å². The number of aliphatic hydroxyl groups is 1. The molecule has 68 valence electrons. The number of hydrogen-bond donors (Lipinski definition) is 1. The first-order valence-corrected chi connectivity index (χ1v) is 4.23. The van der Waals surface area contributed by atoms with Gasteiger partial charge < -0.3 is 5.11 Å². The summed E-state index contributed by atoms with van der Waals surface area (Å²) in [6, 6.07) is 0. The smallest absolute Gasteiger partial charge is 0.114 e. The van der Waals surface area contributed by atoms with E-state index in [2.05, 4.69) is 10.3 Å². The second kappa shape index (κ2) is 3.23. The van der Waals surface area contributed by atoms with Crippen LogP contribution in [0, 0.1) is 0 Å². The summed E-state index contributed by atoms with van der Waals surface area (Å²) in [4.78, 5) is 0. The van der Waals surface area contributed by atoms with Gasteiger partial charge in [-0.25, -0.2) is 0 Å². The predicted octanol–water partition coefficient (Wildman–Crippen LogP) is 0.915. The Bertz CT molecular complexity index is 255. The third kappa shape index (κ3) is 1.64. The Balaban J connectivity index is 2.88. The highest BCUT2D eigenvalue weighted by molar-refractivity contribution is 5.04. The van der Waals surface area contributed by atoms with Crippen LogP contribution in [-0.2, 0) is 12.1 Å². The minimum atomic E-state index is -0.840. The summed E-state index contributed by atoms with van der Waals surface area (Å²) in [7, 11) is 0. The summed E-state index contributed by atoms with van der Waals surface area (Å²) in [5.74, 6) is 0. The number of nitrogens with zero attached hydrogens (tertiary/aromatic N) is 3. The second-order valence-electron chi connectivity index (χ2n) is 3.09. The molecule has 1 heterocycles. The molecule has 1 unspecified atom stereocenters. The van der Waals surface area contributed by atoms with Crippen LogP contribution in [0.15, 0.2) is 6.20 Å². The number of rotatable bonds is 3. The van der Waals surface area contributed by atoms with Crippen LogP contribution in [0.4, 0.5) is 0 Å². The molecule has 0 aliphatic carbocycles. The monoisotopic (exact) mass is 169 g/mol. The van der Waals surface area contributed by atoms with E-state index in [4.69, 9.17) is 0 Å². The lowest BCUT2D eigenvalue weighted by atomic mass is 10.0. The van der Waals surface area contributed by atoms with Gasteiger partial charge in [0.2, 0.25) is 0 Å². The number of aromatic nitrogens is 3. The van der Waals surface area contributed by atoms with Gasteiger partial charge in [0.25, 0.3) is 0 Å². The van der Waals surface area contributed by atoms with Crippen LogP contribution in [0.25, 0.3) is 0 Å². The highest BCUT2D eigenvalue weighted by Gasteiger charge is 2.23. The third-order valence-corrected chi connectivity index (χ3v) is 2.10. The van der Waals surface area contributed by atoms with Crippen LogP contribution in [0.5, 0.6) is 0 Å². The SMILES string of the molecule is CCn1cc(C(C)(O)CC)nn1. The molecule has 0 aromatic carbocycles. The summed E-state index contributed by atoms with van der Waals surface area (Å²) < 4.78 is 1.71. The van der Waals surface area contributed by atoms with E-state index in [1.807, 2.05) is 13.8 Å². The maximum absolute atomic E-state index is 9.79. The molecule has 1 rings (SSSR count). The molecule has 0 saturated heterocycles. The molecule has 0 radical (unpaired) electrons. The van der Waals surface area contributed by atoms with E-state index in [-0.39, 0.29) is 0 Å². The first kappa shape index (κ1) is 9.19. The zero-order valence-corrected chi connectivity index (χ0v) is 7.78. The van der Waals surface area contributed by atoms with Crippen LogP contribution in [0.3, 0.4) is 0 Å². The van der Waals surface area contributed by atoms with Crippen molar-refractivity contribution in [3.05, 3.63) is 11.9 Å². The van der Waals surface area contributed by atoms with Crippen molar-refractivity contribution in [1.29, 1.82) is 0 Å². The molecular weight excluding hydrogens is 154 g/mol. The van der Waals surface area contributed by atoms with Gasteiger partial charge in [-0.2, -0.15) is 0 Å². The van der Waals surface area contributed by atoms with Gasteiger partial charge in [0.15, 0.2) is 0 Å². The van der Waals surface area contributed by atoms with E-state index in [0.29, 0.717) is 12.1 Å². The Morgan fingerprint density at radius 2 is 2.25 bits per heavy atom. The summed E-state index contributed by atoms with van der Waals surface area (Å²) in [6.45, 7) is 6.44. The lowest BCUT2D eigenvalue weighted by Crippen LogP contribution is -2.20. The van der Waals surface area contributed by atoms with Crippen LogP contribution >= 0.6 is 0 Å². The van der Waals surface area contributed by atoms with Crippen LogP contribution in [-0.4, -0.2) is 20.1 Å². The minimum absolute atomic E-state index is 0.645. The molecule has 0 bridgehead atoms. The average Bonchev–Trinajstić information content (AvgIpc) is 2.52. The Hall–Kier alpha value is -0.900. The molecular formula is C8H15N3O. The van der Waals surface area contributed by atoms with E-state index < -0.39 is 5.60 Å². The molecule has 0 saturated carbocycles. The van der Waals surface area contributed by atoms with Crippen molar-refractivity contribution in [3.8, 4) is 0 Å². The van der Waals surface area contributed by atoms with Crippen LogP contribution < -0.4 is 0 Å². The molecule has 4 nitrogen and oxygen atoms in total. The van der Waals surface area contributed by atoms with Gasteiger partial charge in [0.1, 0.15) is 11.3 Å². The van der Waals surface area contributed by atoms with E-state index in [9.17, 15) is 5.11 Å². The van der Waals surface area contributed by atoms with Crippen molar-refractivity contribution >= 4 is 0 Å². The van der Waals surface area contributed by atoms with E-state index in [0.717, 1.165) is 6.54 Å². The molecule has 0 aliphatic heterocycles. The molecule has 1 aromatic heterocycles. The molecule has 1 atom stereocenters. The topological polar surface area (TPSA) is 50.9 Å². The third-order valence-electron chi connectivity index (χ3n) is 2.10. The molecule has 4 heteroatoms. The average molecular weight is 169 g/mol. The van der Waals surface area contributed by atoms with E-state index >= 15 is 0 Å². The van der Waals surface area contributed by atoms with Gasteiger partial charge in [-0.1, -0.05) is 12.1 Å². The quantitative estimate of drug-likeness (QED) is 0.731. The predicted molar refractivity (Wildman–Crippen MR) is 45.6 cm³/mol. The van der Waals surface area contributed by atoms with E-state index in [1.54, 1.807) is 17.8 Å². The van der Waals surface area contributed by atoms with Crippen molar-refractivity contribution < 1.29 is 5.11 Å². The number of aryl methyl sites for hydroxylation is 1. The first-order valence-electron chi connectivity index (χ1n) is 4.23. The standard InChI is InChI=1S/C8H15N3O/c1-4-8(3,12)7-6-11(5-2)10-9-7/h6,12H,4-5H2,1-3H3. The molecule has 0 fully saturated rings. The molecule has 0 aliphatic rings. The zero-order chi connectivity index (χ0) is 9.19. The largest absolute Gasteiger partial charge is 0.384 e. The van der Waals surface area contributed by atoms with Gasteiger partial charge in [-0.3, -0.25) is 4.68 Å². The highest BCUT2D eigenvalue weighted by atomic mass is 16.3. The summed E-state index contributed by atoms with van der Waals surface area (Å²) >= 11 is 0. The summed E-state index contributed by atoms with van der Waals surface area (Å²) in [6.07, 6.45) is 2.43. The molecule has 1 N–H and O–H groups in total. The Morgan fingerprint density at radius 3 is 2.67 bits per heavy atom. The lowest BCUT2D eigenvalue weighted by molar-refractivity contribution is 0.0484. The first-order chi connectivity index (χ1) is 5.60. The molecule has 12 heavy (non-hydrogen) atoms. The fraction of sp³-hybridized carbons (Fsp3) is 0.750. The Kier molecular flexibility index (Phi) is 2.47. The molecule has 1 aromatic rings. The van der Waals surface area contributed by atoms with E-state index in [1.165, 1.54) is 0 Å². The van der Waals surface area contributed by atoms with Gasteiger partial charge >= 0.3 is 0 Å². The summed E-state index contributed by atoms with van der Waals surface area (Å²) in [5, 5.41) is 17.5. The normalized spacial score (nSPS) is 16.0. The van der Waals surface area contributed by atoms with Crippen molar-refractivity contribution in [1.82, 2.24) is 15.0 Å². The van der Waals surface area contributed by atoms with Crippen molar-refractivity contribution in [3.63, 3.8) is 0 Å². The van der Waals surface area contributed by atoms with Crippen LogP contribution in [0.2, 0.25) is 0 Å². The fourth-order valence-electron chi connectivity index (χ4n) is 0.881. The van der Waals surface area contributed by atoms with Gasteiger partial charge in [-0.15, -0.1) is 5.10 Å². The minimum Gasteiger partial charge on any atom is -0.384 e. The zero-order valence-electron chi connectivity index (χ0n) is 7.78. The van der Waals surface area contributed by atoms with Gasteiger partial charge in [0, 0.05) is 6.54 Å². The maximum atomic E-state index is 9.79. The maximum Gasteiger partial charge on any atom is 0.114 e. The second-order valence-corrected chi connectivity index (χ2v) is 3.09. The highest BCUT2D eigenvalue weighted by Crippen LogP contribution is 2.20. The fourth-order valence-corrected chi connectivity index (χ4v) is 0.881. The van der Waals surface area contributed by atoms with Crippen molar-refractivity contribution in [2.75, 3.05) is 0 Å². The molecule has 0 spiro atoms. The van der Waals surface area contributed by atoms with Gasteiger partial charge in [0.05, 0.1) is 6.20 Å². The number of hydrogen-bond acceptors (Lipinski definition) is 3. The van der Waals surface area contributed by atoms with Gasteiger partial charge in [-0.05, 0) is 20.3 Å².